The van der Waals surface area contributed by atoms with E-state index in [1.807, 2.05) is 6.07 Å². The molecule has 0 radical (unpaired) electrons. The molecule has 0 unspecified atom stereocenters. The fraction of sp³-hybridized carbons (Fsp3) is 0.300. The van der Waals surface area contributed by atoms with Gasteiger partial charge in [-0.1, -0.05) is 6.07 Å². The van der Waals surface area contributed by atoms with Crippen LogP contribution >= 0.6 is 0 Å². The first-order valence-electron chi connectivity index (χ1n) is 8.68. The zero-order valence-corrected chi connectivity index (χ0v) is 14.7. The first kappa shape index (κ1) is 19.5. The second kappa shape index (κ2) is 7.80. The number of anilines is 1. The smallest absolute Gasteiger partial charge is 0.326 e. The molecule has 8 heteroatoms. The molecule has 1 aliphatic rings. The Bertz CT molecular complexity index is 960. The number of nitrogens with zero attached hydrogens (tertiary/aromatic N) is 2. The molecule has 0 atom stereocenters. The van der Waals surface area contributed by atoms with Crippen molar-refractivity contribution < 1.29 is 22.8 Å². The number of Topliss-reactive ketones (excluding diaryl/α,β-unsaturated/α-hetero) is 1. The third kappa shape index (κ3) is 4.94. The zero-order valence-electron chi connectivity index (χ0n) is 14.7. The van der Waals surface area contributed by atoms with Crippen LogP contribution < -0.4 is 5.32 Å². The number of carbonyl (C=O) groups is 2. The number of alkyl halides is 3. The Hall–Kier alpha value is -3.21. The van der Waals surface area contributed by atoms with Gasteiger partial charge in [0.1, 0.15) is 0 Å². The molecule has 0 spiro atoms. The molecule has 0 aliphatic heterocycles. The number of pyridine rings is 1. The maximum atomic E-state index is 12.3. The van der Waals surface area contributed by atoms with Gasteiger partial charge in [-0.05, 0) is 37.1 Å². The average molecular weight is 387 g/mol. The van der Waals surface area contributed by atoms with Crippen LogP contribution in [0.2, 0.25) is 0 Å². The van der Waals surface area contributed by atoms with Crippen LogP contribution in [0, 0.1) is 17.2 Å². The van der Waals surface area contributed by atoms with Crippen LogP contribution in [0.15, 0.2) is 36.5 Å². The van der Waals surface area contributed by atoms with Crippen LogP contribution in [-0.2, 0) is 4.79 Å². The molecule has 5 nitrogen and oxygen atoms in total. The second-order valence-electron chi connectivity index (χ2n) is 6.60. The van der Waals surface area contributed by atoms with Gasteiger partial charge in [-0.2, -0.15) is 18.4 Å². The lowest BCUT2D eigenvalue weighted by atomic mass is 9.97. The van der Waals surface area contributed by atoms with Gasteiger partial charge >= 0.3 is 6.18 Å². The minimum Gasteiger partial charge on any atom is -0.326 e. The summed E-state index contributed by atoms with van der Waals surface area (Å²) in [6.45, 7) is 0. The Morgan fingerprint density at radius 1 is 1.21 bits per heavy atom. The molecule has 144 valence electrons. The molecule has 1 aromatic heterocycles. The molecule has 3 rings (SSSR count). The summed E-state index contributed by atoms with van der Waals surface area (Å²) in [5, 5.41) is 12.1. The van der Waals surface area contributed by atoms with E-state index in [1.54, 1.807) is 12.1 Å². The van der Waals surface area contributed by atoms with Crippen molar-refractivity contribution in [1.82, 2.24) is 4.98 Å². The van der Waals surface area contributed by atoms with Gasteiger partial charge in [-0.3, -0.25) is 14.6 Å². The van der Waals surface area contributed by atoms with E-state index < -0.39 is 24.8 Å². The molecule has 0 bridgehead atoms. The standard InChI is InChI=1S/C20H16F3N3O2/c21-20(22,23)7-5-18(27)16-4-3-13(9-14(16)11-24)17-10-15(6-8-25-17)26-19(28)12-1-2-12/h3-4,6,8-10,12H,1-2,5,7H2,(H,25,26,28). The first-order chi connectivity index (χ1) is 13.3. The van der Waals surface area contributed by atoms with Gasteiger partial charge in [0.15, 0.2) is 5.78 Å². The number of amides is 1. The third-order valence-corrected chi connectivity index (χ3v) is 4.35. The highest BCUT2D eigenvalue weighted by Gasteiger charge is 2.30. The number of hydrogen-bond donors (Lipinski definition) is 1. The topological polar surface area (TPSA) is 82.8 Å². The van der Waals surface area contributed by atoms with Gasteiger partial charge in [-0.15, -0.1) is 0 Å². The summed E-state index contributed by atoms with van der Waals surface area (Å²) in [5.74, 6) is -0.747. The number of nitrogens with one attached hydrogen (secondary N) is 1. The van der Waals surface area contributed by atoms with E-state index in [0.717, 1.165) is 12.8 Å². The number of rotatable bonds is 6. The lowest BCUT2D eigenvalue weighted by Crippen LogP contribution is -2.13. The summed E-state index contributed by atoms with van der Waals surface area (Å²) in [5.41, 5.74) is 1.49. The fourth-order valence-corrected chi connectivity index (χ4v) is 2.69. The number of nitriles is 1. The van der Waals surface area contributed by atoms with E-state index in [1.165, 1.54) is 24.4 Å². The van der Waals surface area contributed by atoms with Gasteiger partial charge in [0.25, 0.3) is 0 Å². The van der Waals surface area contributed by atoms with Gasteiger partial charge in [0.05, 0.1) is 23.7 Å². The van der Waals surface area contributed by atoms with Gasteiger partial charge in [0, 0.05) is 35.3 Å². The minimum absolute atomic E-state index is 0.0149. The third-order valence-electron chi connectivity index (χ3n) is 4.35. The molecule has 1 amide bonds. The molecule has 0 saturated heterocycles. The average Bonchev–Trinajstić information content (AvgIpc) is 3.50. The number of halogens is 3. The summed E-state index contributed by atoms with van der Waals surface area (Å²) in [7, 11) is 0. The molecular weight excluding hydrogens is 371 g/mol. The second-order valence-corrected chi connectivity index (χ2v) is 6.60. The molecule has 1 aliphatic carbocycles. The first-order valence-corrected chi connectivity index (χ1v) is 8.68. The van der Waals surface area contributed by atoms with E-state index in [2.05, 4.69) is 10.3 Å². The highest BCUT2D eigenvalue weighted by Crippen LogP contribution is 2.31. The molecule has 2 aromatic rings. The zero-order chi connectivity index (χ0) is 20.3. The van der Waals surface area contributed by atoms with Crippen molar-refractivity contribution in [3.63, 3.8) is 0 Å². The highest BCUT2D eigenvalue weighted by molar-refractivity contribution is 5.99. The van der Waals surface area contributed by atoms with Crippen molar-refractivity contribution in [2.75, 3.05) is 5.32 Å². The Morgan fingerprint density at radius 2 is 1.96 bits per heavy atom. The highest BCUT2D eigenvalue weighted by atomic mass is 19.4. The molecule has 1 N–H and O–H groups in total. The van der Waals surface area contributed by atoms with Gasteiger partial charge in [-0.25, -0.2) is 0 Å². The minimum atomic E-state index is -4.43. The molecule has 1 fully saturated rings. The number of aromatic nitrogens is 1. The summed E-state index contributed by atoms with van der Waals surface area (Å²) in [6.07, 6.45) is -3.12. The summed E-state index contributed by atoms with van der Waals surface area (Å²) < 4.78 is 37.0. The van der Waals surface area contributed by atoms with E-state index >= 15 is 0 Å². The molecule has 28 heavy (non-hydrogen) atoms. The van der Waals surface area contributed by atoms with Crippen LogP contribution in [-0.4, -0.2) is 22.9 Å². The molecule has 1 saturated carbocycles. The number of ketones is 1. The van der Waals surface area contributed by atoms with Crippen LogP contribution in [0.25, 0.3) is 11.3 Å². The van der Waals surface area contributed by atoms with Crippen molar-refractivity contribution in [3.05, 3.63) is 47.7 Å². The number of carbonyl (C=O) groups excluding carboxylic acids is 2. The number of benzene rings is 1. The monoisotopic (exact) mass is 387 g/mol. The summed E-state index contributed by atoms with van der Waals surface area (Å²) in [4.78, 5) is 28.1. The Kier molecular flexibility index (Phi) is 5.45. The van der Waals surface area contributed by atoms with Crippen molar-refractivity contribution in [2.45, 2.75) is 31.9 Å². The fourth-order valence-electron chi connectivity index (χ4n) is 2.69. The summed E-state index contributed by atoms with van der Waals surface area (Å²) in [6, 6.07) is 9.41. The molecule has 1 heterocycles. The molecular formula is C20H16F3N3O2. The molecule has 1 aromatic carbocycles. The Labute approximate surface area is 159 Å². The predicted octanol–water partition coefficient (Wildman–Crippen LogP) is 4.49. The predicted molar refractivity (Wildman–Crippen MR) is 95.4 cm³/mol. The van der Waals surface area contributed by atoms with Crippen LogP contribution in [0.5, 0.6) is 0 Å². The SMILES string of the molecule is N#Cc1cc(-c2cc(NC(=O)C3CC3)ccn2)ccc1C(=O)CCC(F)(F)F. The van der Waals surface area contributed by atoms with E-state index in [4.69, 9.17) is 0 Å². The lowest BCUT2D eigenvalue weighted by molar-refractivity contribution is -0.133. The normalized spacial score (nSPS) is 13.6. The maximum absolute atomic E-state index is 12.3. The maximum Gasteiger partial charge on any atom is 0.389 e. The van der Waals surface area contributed by atoms with E-state index in [9.17, 15) is 28.0 Å². The van der Waals surface area contributed by atoms with E-state index in [0.29, 0.717) is 16.9 Å². The lowest BCUT2D eigenvalue weighted by Gasteiger charge is -2.09. The van der Waals surface area contributed by atoms with Gasteiger partial charge < -0.3 is 5.32 Å². The van der Waals surface area contributed by atoms with E-state index in [-0.39, 0.29) is 23.0 Å². The Balaban J connectivity index is 1.81. The van der Waals surface area contributed by atoms with Crippen molar-refractivity contribution in [2.24, 2.45) is 5.92 Å². The summed E-state index contributed by atoms with van der Waals surface area (Å²) >= 11 is 0. The van der Waals surface area contributed by atoms with Crippen LogP contribution in [0.3, 0.4) is 0 Å². The van der Waals surface area contributed by atoms with Crippen LogP contribution in [0.4, 0.5) is 18.9 Å². The van der Waals surface area contributed by atoms with Crippen molar-refractivity contribution in [3.8, 4) is 17.3 Å². The Morgan fingerprint density at radius 3 is 2.61 bits per heavy atom. The van der Waals surface area contributed by atoms with Crippen molar-refractivity contribution >= 4 is 17.4 Å². The largest absolute Gasteiger partial charge is 0.389 e. The van der Waals surface area contributed by atoms with Crippen molar-refractivity contribution in [1.29, 1.82) is 5.26 Å². The van der Waals surface area contributed by atoms with Gasteiger partial charge in [0.2, 0.25) is 5.91 Å². The number of hydrogen-bond acceptors (Lipinski definition) is 4. The van der Waals surface area contributed by atoms with Crippen LogP contribution in [0.1, 0.15) is 41.6 Å². The quantitative estimate of drug-likeness (QED) is 0.740.